The second kappa shape index (κ2) is 8.15. The van der Waals surface area contributed by atoms with Gasteiger partial charge in [0.25, 0.3) is 5.88 Å². The number of benzene rings is 1. The second-order valence-electron chi connectivity index (χ2n) is 5.32. The molecule has 0 aliphatic rings. The third-order valence-electron chi connectivity index (χ3n) is 3.31. The third-order valence-corrected chi connectivity index (χ3v) is 3.82. The summed E-state index contributed by atoms with van der Waals surface area (Å²) in [7, 11) is 0. The van der Waals surface area contributed by atoms with Crippen molar-refractivity contribution in [3.05, 3.63) is 70.0 Å². The van der Waals surface area contributed by atoms with Crippen LogP contribution in [0.1, 0.15) is 11.1 Å². The monoisotopic (exact) mass is 433 g/mol. The maximum atomic E-state index is 14.2. The summed E-state index contributed by atoms with van der Waals surface area (Å²) >= 11 is 11.2. The molecule has 0 unspecified atom stereocenters. The van der Waals surface area contributed by atoms with Gasteiger partial charge in [-0.2, -0.15) is 18.2 Å². The molecule has 0 amide bonds. The van der Waals surface area contributed by atoms with Crippen molar-refractivity contribution in [1.82, 2.24) is 15.0 Å². The Morgan fingerprint density at radius 3 is 2.50 bits per heavy atom. The number of aromatic nitrogens is 3. The molecule has 0 aliphatic carbocycles. The maximum absolute atomic E-state index is 14.2. The first-order valence-corrected chi connectivity index (χ1v) is 8.28. The van der Waals surface area contributed by atoms with Crippen LogP contribution in [-0.4, -0.2) is 15.0 Å². The smallest absolute Gasteiger partial charge is 0.417 e. The first-order chi connectivity index (χ1) is 13.2. The van der Waals surface area contributed by atoms with Gasteiger partial charge in [-0.1, -0.05) is 11.6 Å². The summed E-state index contributed by atoms with van der Waals surface area (Å²) in [5, 5.41) is -0.502. The molecule has 0 fully saturated rings. The average molecular weight is 434 g/mol. The van der Waals surface area contributed by atoms with Crippen molar-refractivity contribution in [2.24, 2.45) is 0 Å². The van der Waals surface area contributed by atoms with Gasteiger partial charge in [-0.25, -0.2) is 14.4 Å². The van der Waals surface area contributed by atoms with Crippen LogP contribution in [0.15, 0.2) is 42.7 Å². The summed E-state index contributed by atoms with van der Waals surface area (Å²) in [6.07, 6.45) is -2.03. The largest absolute Gasteiger partial charge is 0.473 e. The maximum Gasteiger partial charge on any atom is 0.417 e. The van der Waals surface area contributed by atoms with Crippen molar-refractivity contribution in [2.75, 3.05) is 0 Å². The lowest BCUT2D eigenvalue weighted by molar-refractivity contribution is -0.137. The Kier molecular flexibility index (Phi) is 5.85. The molecule has 3 rings (SSSR count). The zero-order valence-electron chi connectivity index (χ0n) is 13.7. The van der Waals surface area contributed by atoms with Crippen LogP contribution in [0, 0.1) is 5.82 Å². The van der Waals surface area contributed by atoms with Crippen molar-refractivity contribution in [3.8, 4) is 17.5 Å². The Bertz CT molecular complexity index is 1000. The van der Waals surface area contributed by atoms with E-state index in [-0.39, 0.29) is 23.5 Å². The lowest BCUT2D eigenvalue weighted by Crippen LogP contribution is -2.06. The summed E-state index contributed by atoms with van der Waals surface area (Å²) in [4.78, 5) is 11.3. The van der Waals surface area contributed by atoms with E-state index in [1.807, 2.05) is 0 Å². The van der Waals surface area contributed by atoms with Crippen LogP contribution in [0.4, 0.5) is 17.6 Å². The standard InChI is InChI=1S/C17H9Cl2F4N3O2/c18-12-2-1-10(6-11(12)17(21,22)23)28-15-13(20)5-9(7-25-15)8-27-14-3-4-24-16(19)26-14/h1-7H,8H2. The van der Waals surface area contributed by atoms with Crippen LogP contribution in [-0.2, 0) is 12.8 Å². The highest BCUT2D eigenvalue weighted by Gasteiger charge is 2.33. The van der Waals surface area contributed by atoms with E-state index in [0.29, 0.717) is 11.6 Å². The highest BCUT2D eigenvalue weighted by Crippen LogP contribution is 2.37. The Balaban J connectivity index is 1.72. The van der Waals surface area contributed by atoms with E-state index in [9.17, 15) is 17.6 Å². The van der Waals surface area contributed by atoms with Gasteiger partial charge in [0.15, 0.2) is 5.82 Å². The highest BCUT2D eigenvalue weighted by molar-refractivity contribution is 6.31. The Morgan fingerprint density at radius 2 is 1.82 bits per heavy atom. The van der Waals surface area contributed by atoms with Gasteiger partial charge < -0.3 is 9.47 Å². The van der Waals surface area contributed by atoms with Crippen LogP contribution in [0.2, 0.25) is 10.3 Å². The molecular weight excluding hydrogens is 425 g/mol. The van der Waals surface area contributed by atoms with Gasteiger partial charge in [-0.05, 0) is 35.9 Å². The number of rotatable bonds is 5. The number of pyridine rings is 1. The number of halogens is 6. The molecule has 0 N–H and O–H groups in total. The lowest BCUT2D eigenvalue weighted by Gasteiger charge is -2.12. The fraction of sp³-hybridized carbons (Fsp3) is 0.118. The Morgan fingerprint density at radius 1 is 1.04 bits per heavy atom. The fourth-order valence-electron chi connectivity index (χ4n) is 2.07. The average Bonchev–Trinajstić information content (AvgIpc) is 2.62. The minimum absolute atomic E-state index is 0.00764. The summed E-state index contributed by atoms with van der Waals surface area (Å²) in [6, 6.07) is 5.39. The molecule has 2 aromatic heterocycles. The minimum atomic E-state index is -4.67. The Hall–Kier alpha value is -2.65. The number of nitrogens with zero attached hydrogens (tertiary/aromatic N) is 3. The number of ether oxygens (including phenoxy) is 2. The van der Waals surface area contributed by atoms with Crippen LogP contribution in [0.3, 0.4) is 0 Å². The van der Waals surface area contributed by atoms with Gasteiger partial charge >= 0.3 is 6.18 Å². The predicted molar refractivity (Wildman–Crippen MR) is 92.1 cm³/mol. The molecule has 0 bridgehead atoms. The first kappa shape index (κ1) is 20.1. The normalized spacial score (nSPS) is 11.4. The third kappa shape index (κ3) is 4.99. The summed E-state index contributed by atoms with van der Waals surface area (Å²) in [5.74, 6) is -1.46. The second-order valence-corrected chi connectivity index (χ2v) is 6.07. The lowest BCUT2D eigenvalue weighted by atomic mass is 10.2. The van der Waals surface area contributed by atoms with E-state index in [2.05, 4.69) is 15.0 Å². The quantitative estimate of drug-likeness (QED) is 0.381. The van der Waals surface area contributed by atoms with E-state index in [1.54, 1.807) is 0 Å². The first-order valence-electron chi connectivity index (χ1n) is 7.53. The molecule has 0 spiro atoms. The van der Waals surface area contributed by atoms with E-state index < -0.39 is 28.5 Å². The van der Waals surface area contributed by atoms with Gasteiger partial charge in [-0.3, -0.25) is 0 Å². The van der Waals surface area contributed by atoms with Crippen LogP contribution >= 0.6 is 23.2 Å². The molecular formula is C17H9Cl2F4N3O2. The van der Waals surface area contributed by atoms with Crippen molar-refractivity contribution in [1.29, 1.82) is 0 Å². The van der Waals surface area contributed by atoms with Gasteiger partial charge in [0.1, 0.15) is 12.4 Å². The molecule has 11 heteroatoms. The number of hydrogen-bond donors (Lipinski definition) is 0. The summed E-state index contributed by atoms with van der Waals surface area (Å²) in [6.45, 7) is -0.0727. The molecule has 0 aliphatic heterocycles. The molecule has 2 heterocycles. The molecule has 1 aromatic carbocycles. The van der Waals surface area contributed by atoms with Crippen molar-refractivity contribution in [2.45, 2.75) is 12.8 Å². The minimum Gasteiger partial charge on any atom is -0.473 e. The van der Waals surface area contributed by atoms with Gasteiger partial charge in [0.05, 0.1) is 10.6 Å². The van der Waals surface area contributed by atoms with Gasteiger partial charge in [0.2, 0.25) is 11.2 Å². The zero-order chi connectivity index (χ0) is 20.3. The van der Waals surface area contributed by atoms with Crippen molar-refractivity contribution < 1.29 is 27.0 Å². The van der Waals surface area contributed by atoms with Gasteiger partial charge in [0, 0.05) is 24.0 Å². The van der Waals surface area contributed by atoms with Crippen LogP contribution < -0.4 is 9.47 Å². The van der Waals surface area contributed by atoms with E-state index in [4.69, 9.17) is 32.7 Å². The molecule has 5 nitrogen and oxygen atoms in total. The van der Waals surface area contributed by atoms with E-state index in [1.165, 1.54) is 24.5 Å². The SMILES string of the molecule is Fc1cc(COc2ccnc(Cl)n2)cnc1Oc1ccc(Cl)c(C(F)(F)F)c1. The van der Waals surface area contributed by atoms with Crippen LogP contribution in [0.5, 0.6) is 17.5 Å². The fourth-order valence-corrected chi connectivity index (χ4v) is 2.44. The molecule has 0 radical (unpaired) electrons. The van der Waals surface area contributed by atoms with Gasteiger partial charge in [-0.15, -0.1) is 0 Å². The van der Waals surface area contributed by atoms with E-state index in [0.717, 1.165) is 12.1 Å². The predicted octanol–water partition coefficient (Wildman–Crippen LogP) is 5.71. The van der Waals surface area contributed by atoms with Crippen molar-refractivity contribution in [3.63, 3.8) is 0 Å². The molecule has 0 atom stereocenters. The molecule has 3 aromatic rings. The number of hydrogen-bond acceptors (Lipinski definition) is 5. The van der Waals surface area contributed by atoms with Crippen molar-refractivity contribution >= 4 is 23.2 Å². The summed E-state index contributed by atoms with van der Waals surface area (Å²) < 4.78 is 63.3. The molecule has 28 heavy (non-hydrogen) atoms. The topological polar surface area (TPSA) is 57.1 Å². The summed E-state index contributed by atoms with van der Waals surface area (Å²) in [5.41, 5.74) is -0.757. The molecule has 0 saturated heterocycles. The van der Waals surface area contributed by atoms with E-state index >= 15 is 0 Å². The Labute approximate surface area is 165 Å². The molecule has 146 valence electrons. The molecule has 0 saturated carbocycles. The van der Waals surface area contributed by atoms with Crippen LogP contribution in [0.25, 0.3) is 0 Å². The highest BCUT2D eigenvalue weighted by atomic mass is 35.5. The zero-order valence-corrected chi connectivity index (χ0v) is 15.2. The number of alkyl halides is 3.